The molecule has 248 valence electrons. The summed E-state index contributed by atoms with van der Waals surface area (Å²) < 4.78 is 0. The van der Waals surface area contributed by atoms with Gasteiger partial charge < -0.3 is 31.5 Å². The Hall–Kier alpha value is -3.47. The quantitative estimate of drug-likeness (QED) is 0.108. The number of rotatable bonds is 22. The molecular weight excluding hydrogens is 564 g/mol. The van der Waals surface area contributed by atoms with E-state index in [9.17, 15) is 29.1 Å². The van der Waals surface area contributed by atoms with Gasteiger partial charge in [0.05, 0.1) is 18.6 Å². The zero-order valence-corrected chi connectivity index (χ0v) is 27.1. The molecule has 11 nitrogen and oxygen atoms in total. The third kappa shape index (κ3) is 15.8. The number of aliphatic hydroxyl groups excluding tert-OH is 1. The average molecular weight is 619 g/mol. The lowest BCUT2D eigenvalue weighted by atomic mass is 9.95. The first-order valence-corrected chi connectivity index (χ1v) is 16.0. The second-order valence-electron chi connectivity index (χ2n) is 12.0. The van der Waals surface area contributed by atoms with Crippen LogP contribution in [-0.2, 0) is 30.4 Å². The Labute approximate surface area is 262 Å². The highest BCUT2D eigenvalue weighted by molar-refractivity contribution is 5.92. The molecule has 1 aromatic rings. The molecule has 5 atom stereocenters. The summed E-state index contributed by atoms with van der Waals surface area (Å²) in [6.45, 7) is 9.96. The minimum Gasteiger partial charge on any atom is -0.481 e. The fourth-order valence-corrected chi connectivity index (χ4v) is 4.84. The molecule has 11 heteroatoms. The Morgan fingerprint density at radius 1 is 0.841 bits per heavy atom. The van der Waals surface area contributed by atoms with Crippen molar-refractivity contribution >= 4 is 29.6 Å². The highest BCUT2D eigenvalue weighted by Gasteiger charge is 2.32. The summed E-state index contributed by atoms with van der Waals surface area (Å²) in [5, 5.41) is 31.0. The molecule has 0 aliphatic carbocycles. The lowest BCUT2D eigenvalue weighted by molar-refractivity contribution is -0.137. The van der Waals surface area contributed by atoms with Crippen LogP contribution in [0.2, 0.25) is 0 Å². The lowest BCUT2D eigenvalue weighted by Crippen LogP contribution is -2.57. The Balaban J connectivity index is 2.81. The van der Waals surface area contributed by atoms with E-state index in [4.69, 9.17) is 5.11 Å². The van der Waals surface area contributed by atoms with Crippen LogP contribution in [0.4, 0.5) is 0 Å². The van der Waals surface area contributed by atoms with E-state index in [1.54, 1.807) is 0 Å². The monoisotopic (exact) mass is 618 g/mol. The van der Waals surface area contributed by atoms with Gasteiger partial charge in [0.1, 0.15) is 12.1 Å². The number of amides is 4. The fraction of sp³-hybridized carbons (Fsp3) is 0.667. The first-order valence-electron chi connectivity index (χ1n) is 16.0. The van der Waals surface area contributed by atoms with E-state index in [-0.39, 0.29) is 43.4 Å². The molecule has 0 aromatic heterocycles. The van der Waals surface area contributed by atoms with Crippen LogP contribution in [0.1, 0.15) is 98.0 Å². The maximum Gasteiger partial charge on any atom is 0.303 e. The summed E-state index contributed by atoms with van der Waals surface area (Å²) in [5.74, 6) is -2.81. The molecule has 0 radical (unpaired) electrons. The highest BCUT2D eigenvalue weighted by atomic mass is 16.4. The number of aryl methyl sites for hydroxylation is 1. The van der Waals surface area contributed by atoms with Gasteiger partial charge in [0.25, 0.3) is 0 Å². The molecule has 0 fully saturated rings. The van der Waals surface area contributed by atoms with Gasteiger partial charge in [-0.3, -0.25) is 24.0 Å². The topological polar surface area (TPSA) is 174 Å². The smallest absolute Gasteiger partial charge is 0.303 e. The van der Waals surface area contributed by atoms with Gasteiger partial charge in [0, 0.05) is 19.4 Å². The standard InChI is InChI=1S/C33H54N4O7/c1-6-13-25(35-33(44)31(23(5)7-2)37-28(39)17-11-18-30(41)42)32(43)36-26(20-22(3)4)27(38)21-29(40)34-19-12-16-24-14-9-8-10-15-24/h8-10,14-15,22-23,25-27,31,38H,6-7,11-13,16-21H2,1-5H3,(H,34,40)(H,35,44)(H,36,43)(H,37,39)(H,41,42)/t23-,25-,26-,27-,31-/m0/s1. The summed E-state index contributed by atoms with van der Waals surface area (Å²) in [5.41, 5.74) is 1.18. The van der Waals surface area contributed by atoms with Gasteiger partial charge >= 0.3 is 5.97 Å². The number of aliphatic carboxylic acids is 1. The highest BCUT2D eigenvalue weighted by Crippen LogP contribution is 2.14. The van der Waals surface area contributed by atoms with Crippen LogP contribution in [0, 0.1) is 11.8 Å². The van der Waals surface area contributed by atoms with Crippen LogP contribution in [0.25, 0.3) is 0 Å². The molecule has 0 aliphatic rings. The summed E-state index contributed by atoms with van der Waals surface area (Å²) in [4.78, 5) is 62.5. The molecule has 0 heterocycles. The minimum atomic E-state index is -1.12. The van der Waals surface area contributed by atoms with Crippen molar-refractivity contribution in [2.24, 2.45) is 11.8 Å². The van der Waals surface area contributed by atoms with Crippen molar-refractivity contribution in [3.05, 3.63) is 35.9 Å². The van der Waals surface area contributed by atoms with E-state index in [2.05, 4.69) is 21.3 Å². The molecule has 6 N–H and O–H groups in total. The third-order valence-electron chi connectivity index (χ3n) is 7.54. The molecule has 1 aromatic carbocycles. The van der Waals surface area contributed by atoms with Gasteiger partial charge in [-0.25, -0.2) is 0 Å². The van der Waals surface area contributed by atoms with Crippen LogP contribution in [0.15, 0.2) is 30.3 Å². The number of aliphatic hydroxyl groups is 1. The summed E-state index contributed by atoms with van der Waals surface area (Å²) in [7, 11) is 0. The van der Waals surface area contributed by atoms with Crippen LogP contribution >= 0.6 is 0 Å². The fourth-order valence-electron chi connectivity index (χ4n) is 4.84. The molecule has 0 aliphatic heterocycles. The van der Waals surface area contributed by atoms with Crippen molar-refractivity contribution < 1.29 is 34.2 Å². The van der Waals surface area contributed by atoms with Gasteiger partial charge in [-0.05, 0) is 49.5 Å². The predicted molar refractivity (Wildman–Crippen MR) is 169 cm³/mol. The number of benzene rings is 1. The predicted octanol–water partition coefficient (Wildman–Crippen LogP) is 3.09. The minimum absolute atomic E-state index is 0.0270. The molecule has 0 bridgehead atoms. The molecule has 44 heavy (non-hydrogen) atoms. The van der Waals surface area contributed by atoms with Crippen molar-refractivity contribution in [3.63, 3.8) is 0 Å². The maximum absolute atomic E-state index is 13.4. The zero-order chi connectivity index (χ0) is 33.1. The summed E-state index contributed by atoms with van der Waals surface area (Å²) in [6.07, 6.45) is 2.24. The van der Waals surface area contributed by atoms with Gasteiger partial charge in [0.2, 0.25) is 23.6 Å². The zero-order valence-electron chi connectivity index (χ0n) is 27.1. The largest absolute Gasteiger partial charge is 0.481 e. The summed E-state index contributed by atoms with van der Waals surface area (Å²) in [6, 6.07) is 7.46. The van der Waals surface area contributed by atoms with Gasteiger partial charge in [-0.15, -0.1) is 0 Å². The van der Waals surface area contributed by atoms with Crippen LogP contribution in [-0.4, -0.2) is 70.6 Å². The number of carbonyl (C=O) groups excluding carboxylic acids is 4. The van der Waals surface area contributed by atoms with E-state index in [1.807, 2.05) is 65.0 Å². The Kier molecular flexibility index (Phi) is 18.6. The van der Waals surface area contributed by atoms with Crippen LogP contribution in [0.5, 0.6) is 0 Å². The SMILES string of the molecule is CCC[C@H](NC(=O)[C@@H](NC(=O)CCCC(=O)O)[C@@H](C)CC)C(=O)N[C@@H](CC(C)C)[C@@H](O)CC(=O)NCCCc1ccccc1. The van der Waals surface area contributed by atoms with Gasteiger partial charge in [-0.2, -0.15) is 0 Å². The molecule has 0 saturated heterocycles. The Morgan fingerprint density at radius 3 is 2.11 bits per heavy atom. The number of carbonyl (C=O) groups is 5. The molecule has 1 rings (SSSR count). The second kappa shape index (κ2) is 21.3. The molecule has 4 amide bonds. The van der Waals surface area contributed by atoms with Crippen molar-refractivity contribution in [2.75, 3.05) is 6.54 Å². The normalized spacial score (nSPS) is 14.5. The van der Waals surface area contributed by atoms with Gasteiger partial charge in [-0.1, -0.05) is 77.8 Å². The number of hydrogen-bond acceptors (Lipinski definition) is 6. The Bertz CT molecular complexity index is 1030. The van der Waals surface area contributed by atoms with Crippen LogP contribution in [0.3, 0.4) is 0 Å². The first kappa shape index (κ1) is 38.6. The van der Waals surface area contributed by atoms with E-state index in [0.717, 1.165) is 12.8 Å². The molecule has 0 unspecified atom stereocenters. The van der Waals surface area contributed by atoms with Crippen molar-refractivity contribution in [3.8, 4) is 0 Å². The van der Waals surface area contributed by atoms with E-state index in [0.29, 0.717) is 32.2 Å². The molecule has 0 spiro atoms. The van der Waals surface area contributed by atoms with E-state index in [1.165, 1.54) is 5.56 Å². The molecule has 0 saturated carbocycles. The third-order valence-corrected chi connectivity index (χ3v) is 7.54. The average Bonchev–Trinajstić information content (AvgIpc) is 2.97. The van der Waals surface area contributed by atoms with Crippen LogP contribution < -0.4 is 21.3 Å². The van der Waals surface area contributed by atoms with Crippen molar-refractivity contribution in [1.82, 2.24) is 21.3 Å². The number of carboxylic acid groups (broad SMARTS) is 1. The second-order valence-corrected chi connectivity index (χ2v) is 12.0. The summed E-state index contributed by atoms with van der Waals surface area (Å²) >= 11 is 0. The van der Waals surface area contributed by atoms with Crippen molar-refractivity contribution in [2.45, 2.75) is 123 Å². The van der Waals surface area contributed by atoms with E-state index >= 15 is 0 Å². The van der Waals surface area contributed by atoms with Crippen molar-refractivity contribution in [1.29, 1.82) is 0 Å². The number of carboxylic acids is 1. The Morgan fingerprint density at radius 2 is 1.52 bits per heavy atom. The number of nitrogens with one attached hydrogen (secondary N) is 4. The lowest BCUT2D eigenvalue weighted by Gasteiger charge is -2.29. The van der Waals surface area contributed by atoms with E-state index < -0.39 is 47.9 Å². The number of hydrogen-bond donors (Lipinski definition) is 6. The van der Waals surface area contributed by atoms with Gasteiger partial charge in [0.15, 0.2) is 0 Å². The first-order chi connectivity index (χ1) is 20.9. The maximum atomic E-state index is 13.4. The molecular formula is C33H54N4O7.